The van der Waals surface area contributed by atoms with E-state index >= 15 is 0 Å². The molecule has 0 spiro atoms. The molecule has 0 aliphatic carbocycles. The molecular formula is C15H21ClN2O. The molecule has 1 N–H and O–H groups in total. The molecule has 3 nitrogen and oxygen atoms in total. The van der Waals surface area contributed by atoms with Gasteiger partial charge in [-0.25, -0.2) is 0 Å². The third-order valence-corrected chi connectivity index (χ3v) is 3.73. The SMILES string of the molecule is CCCC1NC(c2ccc(Cl)cc2)N(CCC)C1=O. The molecule has 1 aromatic carbocycles. The first kappa shape index (κ1) is 14.4. The van der Waals surface area contributed by atoms with Crippen molar-refractivity contribution in [3.8, 4) is 0 Å². The second-order valence-corrected chi connectivity index (χ2v) is 5.43. The van der Waals surface area contributed by atoms with Crippen LogP contribution in [0.3, 0.4) is 0 Å². The minimum atomic E-state index is -0.0442. The fourth-order valence-electron chi connectivity index (χ4n) is 2.58. The van der Waals surface area contributed by atoms with Crippen LogP contribution in [0.5, 0.6) is 0 Å². The van der Waals surface area contributed by atoms with Gasteiger partial charge in [0, 0.05) is 11.6 Å². The maximum Gasteiger partial charge on any atom is 0.241 e. The van der Waals surface area contributed by atoms with Crippen LogP contribution in [-0.4, -0.2) is 23.4 Å². The van der Waals surface area contributed by atoms with E-state index in [0.29, 0.717) is 0 Å². The van der Waals surface area contributed by atoms with Gasteiger partial charge in [0.2, 0.25) is 5.91 Å². The fourth-order valence-corrected chi connectivity index (χ4v) is 2.70. The van der Waals surface area contributed by atoms with Crippen LogP contribution in [0.4, 0.5) is 0 Å². The first-order valence-corrected chi connectivity index (χ1v) is 7.37. The van der Waals surface area contributed by atoms with Gasteiger partial charge in [0.1, 0.15) is 6.17 Å². The van der Waals surface area contributed by atoms with E-state index in [4.69, 9.17) is 11.6 Å². The average molecular weight is 281 g/mol. The highest BCUT2D eigenvalue weighted by Crippen LogP contribution is 2.27. The molecule has 0 saturated carbocycles. The summed E-state index contributed by atoms with van der Waals surface area (Å²) in [4.78, 5) is 14.3. The summed E-state index contributed by atoms with van der Waals surface area (Å²) in [5.74, 6) is 0.226. The smallest absolute Gasteiger partial charge is 0.241 e. The van der Waals surface area contributed by atoms with Crippen LogP contribution in [0.25, 0.3) is 0 Å². The molecule has 1 amide bonds. The van der Waals surface area contributed by atoms with E-state index in [2.05, 4.69) is 19.2 Å². The molecule has 1 aliphatic heterocycles. The van der Waals surface area contributed by atoms with E-state index in [-0.39, 0.29) is 18.1 Å². The van der Waals surface area contributed by atoms with Crippen LogP contribution in [-0.2, 0) is 4.79 Å². The summed E-state index contributed by atoms with van der Waals surface area (Å²) in [5, 5.41) is 4.17. The maximum atomic E-state index is 12.4. The average Bonchev–Trinajstić information content (AvgIpc) is 2.70. The number of carbonyl (C=O) groups is 1. The molecule has 1 fully saturated rings. The molecule has 1 aliphatic rings. The Hall–Kier alpha value is -1.06. The zero-order valence-electron chi connectivity index (χ0n) is 11.5. The van der Waals surface area contributed by atoms with Crippen LogP contribution in [0, 0.1) is 0 Å². The fraction of sp³-hybridized carbons (Fsp3) is 0.533. The van der Waals surface area contributed by atoms with Gasteiger partial charge in [0.05, 0.1) is 6.04 Å². The summed E-state index contributed by atoms with van der Waals surface area (Å²) in [6.07, 6.45) is 2.86. The van der Waals surface area contributed by atoms with Gasteiger partial charge in [-0.3, -0.25) is 10.1 Å². The molecule has 19 heavy (non-hydrogen) atoms. The third-order valence-electron chi connectivity index (χ3n) is 3.48. The topological polar surface area (TPSA) is 32.3 Å². The summed E-state index contributed by atoms with van der Waals surface area (Å²) >= 11 is 5.92. The number of amides is 1. The Labute approximate surface area is 119 Å². The summed E-state index contributed by atoms with van der Waals surface area (Å²) in [5.41, 5.74) is 1.10. The van der Waals surface area contributed by atoms with E-state index in [9.17, 15) is 4.79 Å². The summed E-state index contributed by atoms with van der Waals surface area (Å²) < 4.78 is 0. The van der Waals surface area contributed by atoms with E-state index < -0.39 is 0 Å². The highest BCUT2D eigenvalue weighted by atomic mass is 35.5. The lowest BCUT2D eigenvalue weighted by Gasteiger charge is -2.24. The Bertz CT molecular complexity index is 432. The van der Waals surface area contributed by atoms with Crippen molar-refractivity contribution in [3.05, 3.63) is 34.9 Å². The van der Waals surface area contributed by atoms with Crippen molar-refractivity contribution in [2.75, 3.05) is 6.54 Å². The van der Waals surface area contributed by atoms with Gasteiger partial charge in [-0.1, -0.05) is 44.0 Å². The molecule has 1 aromatic rings. The van der Waals surface area contributed by atoms with Gasteiger partial charge in [-0.15, -0.1) is 0 Å². The number of nitrogens with zero attached hydrogens (tertiary/aromatic N) is 1. The number of halogens is 1. The largest absolute Gasteiger partial charge is 0.322 e. The Morgan fingerprint density at radius 1 is 1.21 bits per heavy atom. The number of carbonyl (C=O) groups excluding carboxylic acids is 1. The Morgan fingerprint density at radius 2 is 1.89 bits per heavy atom. The minimum absolute atomic E-state index is 0.0127. The molecule has 0 bridgehead atoms. The number of hydrogen-bond donors (Lipinski definition) is 1. The predicted octanol–water partition coefficient (Wildman–Crippen LogP) is 3.35. The zero-order chi connectivity index (χ0) is 13.8. The zero-order valence-corrected chi connectivity index (χ0v) is 12.3. The van der Waals surface area contributed by atoms with Gasteiger partial charge >= 0.3 is 0 Å². The predicted molar refractivity (Wildman–Crippen MR) is 78.0 cm³/mol. The first-order chi connectivity index (χ1) is 9.17. The third kappa shape index (κ3) is 3.10. The van der Waals surface area contributed by atoms with Crippen LogP contribution in [0.15, 0.2) is 24.3 Å². The normalized spacial score (nSPS) is 23.1. The monoisotopic (exact) mass is 280 g/mol. The molecule has 2 rings (SSSR count). The summed E-state index contributed by atoms with van der Waals surface area (Å²) in [6.45, 7) is 4.99. The van der Waals surface area contributed by atoms with E-state index in [1.807, 2.05) is 29.2 Å². The maximum absolute atomic E-state index is 12.4. The first-order valence-electron chi connectivity index (χ1n) is 6.99. The molecule has 2 atom stereocenters. The van der Waals surface area contributed by atoms with Gasteiger partial charge in [0.25, 0.3) is 0 Å². The van der Waals surface area contributed by atoms with Gasteiger partial charge in [-0.05, 0) is 30.5 Å². The molecule has 104 valence electrons. The summed E-state index contributed by atoms with van der Waals surface area (Å²) in [7, 11) is 0. The molecular weight excluding hydrogens is 260 g/mol. The van der Waals surface area contributed by atoms with Crippen molar-refractivity contribution >= 4 is 17.5 Å². The molecule has 4 heteroatoms. The Kier molecular flexibility index (Phi) is 4.83. The highest BCUT2D eigenvalue weighted by molar-refractivity contribution is 6.30. The molecule has 0 radical (unpaired) electrons. The molecule has 1 saturated heterocycles. The van der Waals surface area contributed by atoms with Crippen LogP contribution in [0.1, 0.15) is 44.8 Å². The second kappa shape index (κ2) is 6.40. The van der Waals surface area contributed by atoms with Crippen molar-refractivity contribution in [3.63, 3.8) is 0 Å². The quantitative estimate of drug-likeness (QED) is 0.897. The Morgan fingerprint density at radius 3 is 2.47 bits per heavy atom. The lowest BCUT2D eigenvalue weighted by Crippen LogP contribution is -2.31. The highest BCUT2D eigenvalue weighted by Gasteiger charge is 2.38. The minimum Gasteiger partial charge on any atom is -0.322 e. The Balaban J connectivity index is 2.21. The van der Waals surface area contributed by atoms with Crippen molar-refractivity contribution in [2.24, 2.45) is 0 Å². The number of nitrogens with one attached hydrogen (secondary N) is 1. The number of rotatable bonds is 5. The molecule has 0 aromatic heterocycles. The van der Waals surface area contributed by atoms with Crippen molar-refractivity contribution in [1.29, 1.82) is 0 Å². The van der Waals surface area contributed by atoms with Crippen molar-refractivity contribution < 1.29 is 4.79 Å². The van der Waals surface area contributed by atoms with E-state index in [1.165, 1.54) is 0 Å². The van der Waals surface area contributed by atoms with Gasteiger partial charge in [-0.2, -0.15) is 0 Å². The second-order valence-electron chi connectivity index (χ2n) is 4.99. The van der Waals surface area contributed by atoms with Crippen LogP contribution in [0.2, 0.25) is 5.02 Å². The molecule has 2 unspecified atom stereocenters. The van der Waals surface area contributed by atoms with E-state index in [1.54, 1.807) is 0 Å². The number of hydrogen-bond acceptors (Lipinski definition) is 2. The molecule has 1 heterocycles. The number of benzene rings is 1. The van der Waals surface area contributed by atoms with E-state index in [0.717, 1.165) is 36.4 Å². The van der Waals surface area contributed by atoms with Gasteiger partial charge in [0.15, 0.2) is 0 Å². The van der Waals surface area contributed by atoms with Gasteiger partial charge < -0.3 is 4.90 Å². The van der Waals surface area contributed by atoms with Crippen molar-refractivity contribution in [1.82, 2.24) is 10.2 Å². The van der Waals surface area contributed by atoms with Crippen LogP contribution >= 0.6 is 11.6 Å². The lowest BCUT2D eigenvalue weighted by atomic mass is 10.1. The lowest BCUT2D eigenvalue weighted by molar-refractivity contribution is -0.130. The van der Waals surface area contributed by atoms with Crippen molar-refractivity contribution in [2.45, 2.75) is 45.3 Å². The summed E-state index contributed by atoms with van der Waals surface area (Å²) in [6, 6.07) is 7.69. The standard InChI is InChI=1S/C15H21ClN2O/c1-3-5-13-15(19)18(10-4-2)14(17-13)11-6-8-12(16)9-7-11/h6-9,13-14,17H,3-5,10H2,1-2H3. The van der Waals surface area contributed by atoms with Crippen LogP contribution < -0.4 is 5.32 Å².